The van der Waals surface area contributed by atoms with E-state index in [1.54, 1.807) is 18.2 Å². The van der Waals surface area contributed by atoms with Crippen LogP contribution in [0.3, 0.4) is 0 Å². The van der Waals surface area contributed by atoms with Crippen molar-refractivity contribution in [1.82, 2.24) is 5.32 Å². The second-order valence-electron chi connectivity index (χ2n) is 7.36. The number of carbonyl (C=O) groups excluding carboxylic acids is 1. The van der Waals surface area contributed by atoms with E-state index in [2.05, 4.69) is 5.32 Å². The van der Waals surface area contributed by atoms with Gasteiger partial charge in [0.15, 0.2) is 0 Å². The van der Waals surface area contributed by atoms with Gasteiger partial charge in [-0.25, -0.2) is 8.42 Å². The molecule has 0 saturated heterocycles. The van der Waals surface area contributed by atoms with Crippen LogP contribution in [0, 0.1) is 6.92 Å². The molecule has 32 heavy (non-hydrogen) atoms. The van der Waals surface area contributed by atoms with Crippen molar-refractivity contribution in [2.45, 2.75) is 31.2 Å². The summed E-state index contributed by atoms with van der Waals surface area (Å²) in [5.74, 6) is -0.428. The predicted molar refractivity (Wildman–Crippen MR) is 130 cm³/mol. The lowest BCUT2D eigenvalue weighted by Crippen LogP contribution is -2.42. The van der Waals surface area contributed by atoms with Crippen LogP contribution in [0.2, 0.25) is 10.0 Å². The van der Waals surface area contributed by atoms with Crippen LogP contribution in [0.15, 0.2) is 77.7 Å². The molecule has 0 aliphatic rings. The molecule has 1 atom stereocenters. The number of nitrogens with one attached hydrogen (secondary N) is 1. The summed E-state index contributed by atoms with van der Waals surface area (Å²) in [4.78, 5) is 13.1. The molecule has 1 amide bonds. The SMILES string of the molecule is CC[C@@H](NC(=O)CN(c1ccc(Cl)c(Cl)c1)S(=O)(=O)c1ccccc1)c1ccc(C)cc1. The normalized spacial score (nSPS) is 12.2. The third-order valence-corrected chi connectivity index (χ3v) is 7.56. The molecule has 0 spiro atoms. The Morgan fingerprint density at radius 2 is 1.62 bits per heavy atom. The molecule has 0 heterocycles. The molecular formula is C24H24Cl2N2O3S. The number of anilines is 1. The van der Waals surface area contributed by atoms with Gasteiger partial charge in [0.2, 0.25) is 5.91 Å². The standard InChI is InChI=1S/C24H24Cl2N2O3S/c1-3-23(18-11-9-17(2)10-12-18)27-24(29)16-28(19-13-14-21(25)22(26)15-19)32(30,31)20-7-5-4-6-8-20/h4-15,23H,3,16H2,1-2H3,(H,27,29)/t23-/m1/s1. The lowest BCUT2D eigenvalue weighted by molar-refractivity contribution is -0.120. The van der Waals surface area contributed by atoms with Gasteiger partial charge in [-0.1, -0.05) is 78.2 Å². The van der Waals surface area contributed by atoms with Crippen LogP contribution in [0.4, 0.5) is 5.69 Å². The zero-order chi connectivity index (χ0) is 23.3. The molecule has 1 N–H and O–H groups in total. The Kier molecular flexibility index (Phi) is 7.82. The Bertz CT molecular complexity index is 1180. The number of hydrogen-bond acceptors (Lipinski definition) is 3. The van der Waals surface area contributed by atoms with E-state index in [4.69, 9.17) is 23.2 Å². The molecule has 0 aromatic heterocycles. The van der Waals surface area contributed by atoms with Crippen LogP contribution >= 0.6 is 23.2 Å². The monoisotopic (exact) mass is 490 g/mol. The molecule has 3 aromatic carbocycles. The van der Waals surface area contributed by atoms with Gasteiger partial charge in [0.1, 0.15) is 6.54 Å². The van der Waals surface area contributed by atoms with Crippen molar-refractivity contribution in [3.63, 3.8) is 0 Å². The fourth-order valence-electron chi connectivity index (χ4n) is 3.27. The number of amides is 1. The van der Waals surface area contributed by atoms with Crippen LogP contribution in [-0.4, -0.2) is 20.9 Å². The summed E-state index contributed by atoms with van der Waals surface area (Å²) in [5.41, 5.74) is 2.33. The number of aryl methyl sites for hydroxylation is 1. The molecule has 8 heteroatoms. The summed E-state index contributed by atoms with van der Waals surface area (Å²) >= 11 is 12.1. The highest BCUT2D eigenvalue weighted by molar-refractivity contribution is 7.92. The van der Waals surface area contributed by atoms with E-state index in [0.717, 1.165) is 15.4 Å². The van der Waals surface area contributed by atoms with Crippen molar-refractivity contribution in [3.05, 3.63) is 94.0 Å². The van der Waals surface area contributed by atoms with Gasteiger partial charge in [-0.15, -0.1) is 0 Å². The van der Waals surface area contributed by atoms with Crippen LogP contribution in [-0.2, 0) is 14.8 Å². The lowest BCUT2D eigenvalue weighted by Gasteiger charge is -2.26. The predicted octanol–water partition coefficient (Wildman–Crippen LogP) is 5.76. The molecule has 168 valence electrons. The Morgan fingerprint density at radius 1 is 0.969 bits per heavy atom. The molecule has 0 bridgehead atoms. The van der Waals surface area contributed by atoms with E-state index < -0.39 is 22.5 Å². The highest BCUT2D eigenvalue weighted by atomic mass is 35.5. The van der Waals surface area contributed by atoms with Crippen LogP contribution in [0.5, 0.6) is 0 Å². The first-order valence-corrected chi connectivity index (χ1v) is 12.3. The first kappa shape index (κ1) is 24.1. The van der Waals surface area contributed by atoms with Gasteiger partial charge in [-0.2, -0.15) is 0 Å². The molecule has 0 fully saturated rings. The molecule has 0 aliphatic heterocycles. The molecular weight excluding hydrogens is 467 g/mol. The van der Waals surface area contributed by atoms with Crippen molar-refractivity contribution >= 4 is 44.8 Å². The van der Waals surface area contributed by atoms with Gasteiger partial charge >= 0.3 is 0 Å². The van der Waals surface area contributed by atoms with E-state index in [-0.39, 0.29) is 21.6 Å². The van der Waals surface area contributed by atoms with Crippen LogP contribution in [0.25, 0.3) is 0 Å². The first-order valence-electron chi connectivity index (χ1n) is 10.1. The van der Waals surface area contributed by atoms with Crippen molar-refractivity contribution in [2.24, 2.45) is 0 Å². The Morgan fingerprint density at radius 3 is 2.22 bits per heavy atom. The molecule has 0 aliphatic carbocycles. The number of carbonyl (C=O) groups is 1. The van der Waals surface area contributed by atoms with Crippen molar-refractivity contribution in [3.8, 4) is 0 Å². The fourth-order valence-corrected chi connectivity index (χ4v) is 4.99. The van der Waals surface area contributed by atoms with E-state index in [1.165, 1.54) is 30.3 Å². The van der Waals surface area contributed by atoms with Crippen molar-refractivity contribution < 1.29 is 13.2 Å². The van der Waals surface area contributed by atoms with E-state index in [9.17, 15) is 13.2 Å². The maximum atomic E-state index is 13.4. The number of sulfonamides is 1. The quantitative estimate of drug-likeness (QED) is 0.436. The third-order valence-electron chi connectivity index (χ3n) is 5.03. The summed E-state index contributed by atoms with van der Waals surface area (Å²) in [6, 6.07) is 20.1. The Hall–Kier alpha value is -2.54. The van der Waals surface area contributed by atoms with E-state index >= 15 is 0 Å². The molecule has 3 rings (SSSR count). The van der Waals surface area contributed by atoms with Gasteiger partial charge in [-0.05, 0) is 49.2 Å². The van der Waals surface area contributed by atoms with Crippen LogP contribution < -0.4 is 9.62 Å². The number of nitrogens with zero attached hydrogens (tertiary/aromatic N) is 1. The highest BCUT2D eigenvalue weighted by Crippen LogP contribution is 2.30. The van der Waals surface area contributed by atoms with Gasteiger partial charge in [-0.3, -0.25) is 9.10 Å². The summed E-state index contributed by atoms with van der Waals surface area (Å²) in [6.45, 7) is 3.55. The molecule has 0 saturated carbocycles. The summed E-state index contributed by atoms with van der Waals surface area (Å²) in [7, 11) is -4.02. The average Bonchev–Trinajstić information content (AvgIpc) is 2.79. The van der Waals surface area contributed by atoms with Crippen molar-refractivity contribution in [2.75, 3.05) is 10.8 Å². The molecule has 5 nitrogen and oxygen atoms in total. The maximum Gasteiger partial charge on any atom is 0.264 e. The molecule has 0 radical (unpaired) electrons. The number of benzene rings is 3. The zero-order valence-electron chi connectivity index (χ0n) is 17.8. The topological polar surface area (TPSA) is 66.5 Å². The molecule has 0 unspecified atom stereocenters. The number of hydrogen-bond donors (Lipinski definition) is 1. The lowest BCUT2D eigenvalue weighted by atomic mass is 10.0. The van der Waals surface area contributed by atoms with E-state index in [0.29, 0.717) is 11.4 Å². The Labute approximate surface area is 199 Å². The second kappa shape index (κ2) is 10.4. The fraction of sp³-hybridized carbons (Fsp3) is 0.208. The van der Waals surface area contributed by atoms with Gasteiger partial charge < -0.3 is 5.32 Å². The average molecular weight is 491 g/mol. The first-order chi connectivity index (χ1) is 15.2. The maximum absolute atomic E-state index is 13.4. The highest BCUT2D eigenvalue weighted by Gasteiger charge is 2.28. The minimum atomic E-state index is -4.02. The third kappa shape index (κ3) is 5.63. The largest absolute Gasteiger partial charge is 0.348 e. The van der Waals surface area contributed by atoms with Gasteiger partial charge in [0, 0.05) is 0 Å². The zero-order valence-corrected chi connectivity index (χ0v) is 20.1. The van der Waals surface area contributed by atoms with Gasteiger partial charge in [0.05, 0.1) is 26.7 Å². The minimum Gasteiger partial charge on any atom is -0.348 e. The van der Waals surface area contributed by atoms with Crippen LogP contribution in [0.1, 0.15) is 30.5 Å². The summed E-state index contributed by atoms with van der Waals surface area (Å²) in [6.07, 6.45) is 0.660. The number of halogens is 2. The summed E-state index contributed by atoms with van der Waals surface area (Å²) < 4.78 is 27.8. The van der Waals surface area contributed by atoms with Gasteiger partial charge in [0.25, 0.3) is 10.0 Å². The van der Waals surface area contributed by atoms with Crippen molar-refractivity contribution in [1.29, 1.82) is 0 Å². The second-order valence-corrected chi connectivity index (χ2v) is 10.0. The van der Waals surface area contributed by atoms with E-state index in [1.807, 2.05) is 38.1 Å². The Balaban J connectivity index is 1.92. The minimum absolute atomic E-state index is 0.0736. The number of rotatable bonds is 8. The molecule has 3 aromatic rings. The summed E-state index contributed by atoms with van der Waals surface area (Å²) in [5, 5.41) is 3.44. The smallest absolute Gasteiger partial charge is 0.264 e.